The van der Waals surface area contributed by atoms with Gasteiger partial charge in [-0.3, -0.25) is 4.79 Å². The first kappa shape index (κ1) is 9.01. The van der Waals surface area contributed by atoms with E-state index >= 15 is 0 Å². The number of nitrogens with one attached hydrogen (secondary N) is 1. The third-order valence-electron chi connectivity index (χ3n) is 1.10. The number of hydrogen-bond donors (Lipinski definition) is 2. The van der Waals surface area contributed by atoms with Crippen LogP contribution in [0, 0.1) is 0 Å². The van der Waals surface area contributed by atoms with Crippen molar-refractivity contribution in [2.45, 2.75) is 19.8 Å². The van der Waals surface area contributed by atoms with Gasteiger partial charge in [0.05, 0.1) is 0 Å². The molecule has 3 heteroatoms. The first-order valence-electron chi connectivity index (χ1n) is 3.38. The predicted molar refractivity (Wildman–Crippen MR) is 41.2 cm³/mol. The van der Waals surface area contributed by atoms with Crippen LogP contribution in [0.1, 0.15) is 19.8 Å². The van der Waals surface area contributed by atoms with Crippen molar-refractivity contribution in [2.75, 3.05) is 7.05 Å². The number of likely N-dealkylation sites (N-methyl/N-ethyl adjacent to an activating group) is 1. The van der Waals surface area contributed by atoms with E-state index in [-0.39, 0.29) is 5.91 Å². The van der Waals surface area contributed by atoms with Crippen LogP contribution in [0.5, 0.6) is 0 Å². The van der Waals surface area contributed by atoms with Crippen LogP contribution in [0.25, 0.3) is 0 Å². The van der Waals surface area contributed by atoms with Gasteiger partial charge >= 0.3 is 0 Å². The van der Waals surface area contributed by atoms with Gasteiger partial charge in [-0.1, -0.05) is 13.3 Å². The molecule has 0 saturated carbocycles. The van der Waals surface area contributed by atoms with Crippen LogP contribution in [0.4, 0.5) is 0 Å². The average Bonchev–Trinajstić information content (AvgIpc) is 1.88. The fraction of sp³-hybridized carbons (Fsp3) is 0.571. The molecule has 0 aliphatic rings. The Labute approximate surface area is 61.3 Å². The zero-order valence-corrected chi connectivity index (χ0v) is 6.48. The molecule has 10 heavy (non-hydrogen) atoms. The van der Waals surface area contributed by atoms with E-state index in [1.807, 2.05) is 6.92 Å². The summed E-state index contributed by atoms with van der Waals surface area (Å²) in [5.41, 5.74) is 6.10. The molecular weight excluding hydrogens is 128 g/mol. The van der Waals surface area contributed by atoms with Crippen LogP contribution in [-0.4, -0.2) is 13.0 Å². The van der Waals surface area contributed by atoms with Crippen molar-refractivity contribution in [3.8, 4) is 0 Å². The molecule has 58 valence electrons. The third-order valence-corrected chi connectivity index (χ3v) is 1.10. The second-order valence-electron chi connectivity index (χ2n) is 2.08. The molecule has 0 heterocycles. The Kier molecular flexibility index (Phi) is 4.37. The number of amides is 1. The van der Waals surface area contributed by atoms with Crippen LogP contribution in [-0.2, 0) is 4.79 Å². The van der Waals surface area contributed by atoms with Crippen LogP contribution in [0.2, 0.25) is 0 Å². The van der Waals surface area contributed by atoms with Crippen LogP contribution >= 0.6 is 0 Å². The molecular formula is C7H14N2O. The topological polar surface area (TPSA) is 55.1 Å². The molecule has 0 fully saturated rings. The maximum atomic E-state index is 10.6. The number of rotatable bonds is 3. The fourth-order valence-corrected chi connectivity index (χ4v) is 0.601. The number of carbonyl (C=O) groups excluding carboxylic acids is 1. The summed E-state index contributed by atoms with van der Waals surface area (Å²) in [6.45, 7) is 2.02. The molecule has 3 N–H and O–H groups in total. The number of allylic oxidation sites excluding steroid dienone is 1. The van der Waals surface area contributed by atoms with Crippen molar-refractivity contribution in [1.82, 2.24) is 5.32 Å². The van der Waals surface area contributed by atoms with Gasteiger partial charge < -0.3 is 11.1 Å². The summed E-state index contributed by atoms with van der Waals surface area (Å²) in [4.78, 5) is 10.6. The van der Waals surface area contributed by atoms with Crippen molar-refractivity contribution < 1.29 is 4.79 Å². The van der Waals surface area contributed by atoms with E-state index in [2.05, 4.69) is 5.32 Å². The van der Waals surface area contributed by atoms with Gasteiger partial charge in [-0.15, -0.1) is 0 Å². The standard InChI is InChI=1S/C7H14N2O/c1-3-4-6(8)5-7(10)9-2/h5H,3-4,8H2,1-2H3,(H,9,10). The number of hydrogen-bond acceptors (Lipinski definition) is 2. The van der Waals surface area contributed by atoms with Crippen molar-refractivity contribution in [3.05, 3.63) is 11.8 Å². The summed E-state index contributed by atoms with van der Waals surface area (Å²) >= 11 is 0. The van der Waals surface area contributed by atoms with Crippen molar-refractivity contribution in [3.63, 3.8) is 0 Å². The summed E-state index contributed by atoms with van der Waals surface area (Å²) in [6, 6.07) is 0. The lowest BCUT2D eigenvalue weighted by Gasteiger charge is -1.96. The van der Waals surface area contributed by atoms with Crippen LogP contribution < -0.4 is 11.1 Å². The minimum Gasteiger partial charge on any atom is -0.402 e. The first-order chi connectivity index (χ1) is 4.70. The second kappa shape index (κ2) is 4.85. The number of carbonyl (C=O) groups is 1. The van der Waals surface area contributed by atoms with Gasteiger partial charge in [-0.05, 0) is 6.42 Å². The highest BCUT2D eigenvalue weighted by Gasteiger charge is 1.92. The quantitative estimate of drug-likeness (QED) is 0.559. The molecule has 1 amide bonds. The van der Waals surface area contributed by atoms with E-state index in [0.29, 0.717) is 5.70 Å². The van der Waals surface area contributed by atoms with Gasteiger partial charge in [0.2, 0.25) is 5.91 Å². The van der Waals surface area contributed by atoms with Gasteiger partial charge in [0.15, 0.2) is 0 Å². The molecule has 0 radical (unpaired) electrons. The molecule has 0 aromatic rings. The van der Waals surface area contributed by atoms with Crippen molar-refractivity contribution in [1.29, 1.82) is 0 Å². The first-order valence-corrected chi connectivity index (χ1v) is 3.38. The second-order valence-corrected chi connectivity index (χ2v) is 2.08. The fourth-order valence-electron chi connectivity index (χ4n) is 0.601. The van der Waals surface area contributed by atoms with Gasteiger partial charge in [-0.25, -0.2) is 0 Å². The Hall–Kier alpha value is -0.990. The Morgan fingerprint density at radius 3 is 2.70 bits per heavy atom. The minimum atomic E-state index is -0.133. The highest BCUT2D eigenvalue weighted by molar-refractivity contribution is 5.87. The Morgan fingerprint density at radius 1 is 1.70 bits per heavy atom. The average molecular weight is 142 g/mol. The highest BCUT2D eigenvalue weighted by atomic mass is 16.1. The van der Waals surface area contributed by atoms with Crippen LogP contribution in [0.15, 0.2) is 11.8 Å². The zero-order valence-electron chi connectivity index (χ0n) is 6.48. The Bertz CT molecular complexity index is 141. The van der Waals surface area contributed by atoms with E-state index in [1.165, 1.54) is 6.08 Å². The largest absolute Gasteiger partial charge is 0.402 e. The lowest BCUT2D eigenvalue weighted by molar-refractivity contribution is -0.116. The van der Waals surface area contributed by atoms with Crippen molar-refractivity contribution >= 4 is 5.91 Å². The highest BCUT2D eigenvalue weighted by Crippen LogP contribution is 1.95. The number of nitrogens with two attached hydrogens (primary N) is 1. The molecule has 0 spiro atoms. The van der Waals surface area contributed by atoms with Gasteiger partial charge in [-0.2, -0.15) is 0 Å². The van der Waals surface area contributed by atoms with Crippen molar-refractivity contribution in [2.24, 2.45) is 5.73 Å². The molecule has 0 bridgehead atoms. The molecule has 0 aliphatic carbocycles. The normalized spacial score (nSPS) is 11.2. The lowest BCUT2D eigenvalue weighted by Crippen LogP contribution is -2.16. The van der Waals surface area contributed by atoms with Gasteiger partial charge in [0.1, 0.15) is 0 Å². The summed E-state index contributed by atoms with van der Waals surface area (Å²) in [5, 5.41) is 2.46. The summed E-state index contributed by atoms with van der Waals surface area (Å²) in [7, 11) is 1.58. The Balaban J connectivity index is 3.77. The maximum absolute atomic E-state index is 10.6. The van der Waals surface area contributed by atoms with E-state index in [1.54, 1.807) is 7.05 Å². The van der Waals surface area contributed by atoms with Crippen LogP contribution in [0.3, 0.4) is 0 Å². The summed E-state index contributed by atoms with van der Waals surface area (Å²) in [5.74, 6) is -0.133. The maximum Gasteiger partial charge on any atom is 0.245 e. The third kappa shape index (κ3) is 3.95. The molecule has 0 unspecified atom stereocenters. The SMILES string of the molecule is CCCC(N)=CC(=O)NC. The smallest absolute Gasteiger partial charge is 0.245 e. The van der Waals surface area contributed by atoms with E-state index in [9.17, 15) is 4.79 Å². The lowest BCUT2D eigenvalue weighted by atomic mass is 10.2. The molecule has 0 aromatic heterocycles. The molecule has 3 nitrogen and oxygen atoms in total. The summed E-state index contributed by atoms with van der Waals surface area (Å²) < 4.78 is 0. The molecule has 0 saturated heterocycles. The van der Waals surface area contributed by atoms with E-state index in [4.69, 9.17) is 5.73 Å². The minimum absolute atomic E-state index is 0.133. The Morgan fingerprint density at radius 2 is 2.30 bits per heavy atom. The zero-order chi connectivity index (χ0) is 7.98. The summed E-state index contributed by atoms with van der Waals surface area (Å²) in [6.07, 6.45) is 3.18. The molecule has 0 atom stereocenters. The predicted octanol–water partition coefficient (Wildman–Crippen LogP) is 0.375. The molecule has 0 aromatic carbocycles. The monoisotopic (exact) mass is 142 g/mol. The van der Waals surface area contributed by atoms with Gasteiger partial charge in [0.25, 0.3) is 0 Å². The van der Waals surface area contributed by atoms with E-state index < -0.39 is 0 Å². The van der Waals surface area contributed by atoms with Gasteiger partial charge in [0, 0.05) is 18.8 Å². The molecule has 0 rings (SSSR count). The van der Waals surface area contributed by atoms with E-state index in [0.717, 1.165) is 12.8 Å². The molecule has 0 aliphatic heterocycles.